The van der Waals surface area contributed by atoms with Crippen LogP contribution in [0.25, 0.3) is 0 Å². The molecule has 1 N–H and O–H groups in total. The van der Waals surface area contributed by atoms with Crippen molar-refractivity contribution in [3.05, 3.63) is 68.8 Å². The van der Waals surface area contributed by atoms with E-state index in [1.807, 2.05) is 0 Å². The van der Waals surface area contributed by atoms with Crippen LogP contribution in [-0.2, 0) is 0 Å². The number of nitrogens with zero attached hydrogens (tertiary/aromatic N) is 2. The molecule has 0 aliphatic carbocycles. The molecule has 0 heterocycles. The maximum atomic E-state index is 10.8. The molecule has 9 nitrogen and oxygen atoms in total. The smallest absolute Gasteiger partial charge is 0.392 e. The molecule has 0 amide bonds. The van der Waals surface area contributed by atoms with E-state index < -0.39 is 15.9 Å². The fourth-order valence-corrected chi connectivity index (χ4v) is 1.61. The molecule has 112 valence electrons. The predicted molar refractivity (Wildman–Crippen MR) is 75.2 cm³/mol. The first-order chi connectivity index (χ1) is 10.5. The van der Waals surface area contributed by atoms with Crippen molar-refractivity contribution in [1.29, 1.82) is 5.41 Å². The summed E-state index contributed by atoms with van der Waals surface area (Å²) in [5.74, 6) is -0.396. The Balaban J connectivity index is 2.18. The van der Waals surface area contributed by atoms with Crippen LogP contribution in [0, 0.1) is 25.6 Å². The topological polar surface area (TPSA) is 129 Å². The maximum Gasteiger partial charge on any atom is 0.392 e. The summed E-state index contributed by atoms with van der Waals surface area (Å²) in [5, 5.41) is 29.2. The molecule has 9 heteroatoms. The fourth-order valence-electron chi connectivity index (χ4n) is 1.61. The summed E-state index contributed by atoms with van der Waals surface area (Å²) in [6.45, 7) is 0. The summed E-state index contributed by atoms with van der Waals surface area (Å²) < 4.78 is 9.88. The third-order valence-electron chi connectivity index (χ3n) is 2.53. The Bertz CT molecular complexity index is 685. The summed E-state index contributed by atoms with van der Waals surface area (Å²) in [7, 11) is 0. The molecule has 0 bridgehead atoms. The molecule has 0 fully saturated rings. The van der Waals surface area contributed by atoms with Crippen LogP contribution in [0.1, 0.15) is 0 Å². The molecule has 2 rings (SSSR count). The Hall–Kier alpha value is -3.49. The second-order valence-electron chi connectivity index (χ2n) is 3.94. The normalized spacial score (nSPS) is 9.82. The Morgan fingerprint density at radius 1 is 0.818 bits per heavy atom. The molecule has 2 aromatic carbocycles. The minimum Gasteiger partial charge on any atom is -0.404 e. The highest BCUT2D eigenvalue weighted by Gasteiger charge is 2.19. The Labute approximate surface area is 123 Å². The van der Waals surface area contributed by atoms with Gasteiger partial charge in [-0.3, -0.25) is 20.2 Å². The molecule has 0 atom stereocenters. The van der Waals surface area contributed by atoms with Gasteiger partial charge in [-0.1, -0.05) is 24.3 Å². The Kier molecular flexibility index (Phi) is 4.27. The van der Waals surface area contributed by atoms with E-state index in [0.29, 0.717) is 0 Å². The largest absolute Gasteiger partial charge is 0.404 e. The first kappa shape index (κ1) is 14.9. The Morgan fingerprint density at radius 2 is 1.18 bits per heavy atom. The monoisotopic (exact) mass is 303 g/mol. The molecule has 0 spiro atoms. The maximum absolute atomic E-state index is 10.8. The summed E-state index contributed by atoms with van der Waals surface area (Å²) >= 11 is 0. The van der Waals surface area contributed by atoms with Crippen LogP contribution < -0.4 is 9.47 Å². The van der Waals surface area contributed by atoms with Gasteiger partial charge in [-0.25, -0.2) is 5.41 Å². The van der Waals surface area contributed by atoms with Crippen molar-refractivity contribution in [1.82, 2.24) is 0 Å². The van der Waals surface area contributed by atoms with E-state index in [0.717, 1.165) is 0 Å². The lowest BCUT2D eigenvalue weighted by Gasteiger charge is -2.08. The Morgan fingerprint density at radius 3 is 1.55 bits per heavy atom. The zero-order valence-electron chi connectivity index (χ0n) is 11.0. The lowest BCUT2D eigenvalue weighted by atomic mass is 10.3. The highest BCUT2D eigenvalue weighted by atomic mass is 16.7. The number of nitro benzene ring substituents is 2. The van der Waals surface area contributed by atoms with Gasteiger partial charge in [-0.15, -0.1) is 0 Å². The summed E-state index contributed by atoms with van der Waals surface area (Å²) in [5.41, 5.74) is -0.697. The van der Waals surface area contributed by atoms with E-state index in [9.17, 15) is 20.2 Å². The van der Waals surface area contributed by atoms with Crippen LogP contribution in [0.5, 0.6) is 11.5 Å². The van der Waals surface area contributed by atoms with Gasteiger partial charge in [0.1, 0.15) is 0 Å². The van der Waals surface area contributed by atoms with Crippen molar-refractivity contribution in [2.75, 3.05) is 0 Å². The van der Waals surface area contributed by atoms with E-state index in [2.05, 4.69) is 0 Å². The van der Waals surface area contributed by atoms with Crippen molar-refractivity contribution in [2.24, 2.45) is 0 Å². The quantitative estimate of drug-likeness (QED) is 0.400. The van der Waals surface area contributed by atoms with Gasteiger partial charge < -0.3 is 9.47 Å². The van der Waals surface area contributed by atoms with Crippen LogP contribution in [0.15, 0.2) is 48.5 Å². The van der Waals surface area contributed by atoms with Crippen LogP contribution in [0.3, 0.4) is 0 Å². The zero-order chi connectivity index (χ0) is 16.1. The van der Waals surface area contributed by atoms with Gasteiger partial charge in [0.15, 0.2) is 0 Å². The molecule has 0 aliphatic heterocycles. The average Bonchev–Trinajstić information content (AvgIpc) is 2.47. The van der Waals surface area contributed by atoms with Gasteiger partial charge in [-0.2, -0.15) is 0 Å². The molecule has 0 saturated heterocycles. The third-order valence-corrected chi connectivity index (χ3v) is 2.53. The van der Waals surface area contributed by atoms with Gasteiger partial charge in [0.05, 0.1) is 9.85 Å². The average molecular weight is 303 g/mol. The van der Waals surface area contributed by atoms with E-state index in [4.69, 9.17) is 14.9 Å². The predicted octanol–water partition coefficient (Wildman–Crippen LogP) is 2.90. The standard InChI is InChI=1S/C13H9N3O6/c14-13(21-11-7-3-1-5-9(11)15(17)18)22-12-8-4-2-6-10(12)16(19)20/h1-8,14H. The van der Waals surface area contributed by atoms with Gasteiger partial charge in [0, 0.05) is 12.1 Å². The SMILES string of the molecule is N=C(Oc1ccccc1[N+](=O)[O-])Oc1ccccc1[N+](=O)[O-]. The second kappa shape index (κ2) is 6.31. The first-order valence-electron chi connectivity index (χ1n) is 5.90. The number of ether oxygens (including phenoxy) is 2. The van der Waals surface area contributed by atoms with E-state index in [1.54, 1.807) is 0 Å². The van der Waals surface area contributed by atoms with Crippen LogP contribution >= 0.6 is 0 Å². The second-order valence-corrected chi connectivity index (χ2v) is 3.94. The van der Waals surface area contributed by atoms with E-state index in [-0.39, 0.29) is 22.9 Å². The molecule has 0 radical (unpaired) electrons. The highest BCUT2D eigenvalue weighted by Crippen LogP contribution is 2.28. The van der Waals surface area contributed by atoms with Gasteiger partial charge in [0.25, 0.3) is 0 Å². The van der Waals surface area contributed by atoms with Gasteiger partial charge in [0.2, 0.25) is 11.5 Å². The number of hydrogen-bond donors (Lipinski definition) is 1. The molecule has 0 aromatic heterocycles. The molecule has 2 aromatic rings. The third kappa shape index (κ3) is 3.33. The molecule has 0 aliphatic rings. The lowest BCUT2D eigenvalue weighted by Crippen LogP contribution is -2.16. The van der Waals surface area contributed by atoms with Crippen molar-refractivity contribution in [3.8, 4) is 11.5 Å². The molecule has 0 unspecified atom stereocenters. The molecule has 22 heavy (non-hydrogen) atoms. The fraction of sp³-hybridized carbons (Fsp3) is 0. The first-order valence-corrected chi connectivity index (χ1v) is 5.90. The van der Waals surface area contributed by atoms with Crippen LogP contribution in [-0.4, -0.2) is 15.9 Å². The zero-order valence-corrected chi connectivity index (χ0v) is 11.0. The minimum absolute atomic E-state index is 0.198. The van der Waals surface area contributed by atoms with E-state index in [1.165, 1.54) is 48.5 Å². The molecular weight excluding hydrogens is 294 g/mol. The van der Waals surface area contributed by atoms with Crippen molar-refractivity contribution in [2.45, 2.75) is 0 Å². The van der Waals surface area contributed by atoms with Gasteiger partial charge >= 0.3 is 17.5 Å². The van der Waals surface area contributed by atoms with Crippen molar-refractivity contribution >= 4 is 17.5 Å². The molecular formula is C13H9N3O6. The highest BCUT2D eigenvalue weighted by molar-refractivity contribution is 5.72. The minimum atomic E-state index is -0.816. The van der Waals surface area contributed by atoms with Crippen LogP contribution in [0.2, 0.25) is 0 Å². The summed E-state index contributed by atoms with van der Waals surface area (Å²) in [4.78, 5) is 20.3. The number of nitro groups is 2. The number of hydrogen-bond acceptors (Lipinski definition) is 7. The van der Waals surface area contributed by atoms with E-state index >= 15 is 0 Å². The van der Waals surface area contributed by atoms with Crippen molar-refractivity contribution < 1.29 is 19.3 Å². The van der Waals surface area contributed by atoms with Crippen LogP contribution in [0.4, 0.5) is 11.4 Å². The number of para-hydroxylation sites is 4. The van der Waals surface area contributed by atoms with Gasteiger partial charge in [-0.05, 0) is 12.1 Å². The number of nitrogens with one attached hydrogen (secondary N) is 1. The summed E-state index contributed by atoms with van der Waals surface area (Å²) in [6, 6.07) is 10.8. The number of benzene rings is 2. The lowest BCUT2D eigenvalue weighted by molar-refractivity contribution is -0.385. The van der Waals surface area contributed by atoms with Crippen molar-refractivity contribution in [3.63, 3.8) is 0 Å². The summed E-state index contributed by atoms with van der Waals surface area (Å²) in [6.07, 6.45) is -0.816. The molecule has 0 saturated carbocycles. The number of rotatable bonds is 4.